The molecule has 3 aliphatic rings. The van der Waals surface area contributed by atoms with Crippen LogP contribution in [0.2, 0.25) is 0 Å². The highest BCUT2D eigenvalue weighted by Crippen LogP contribution is 2.46. The Morgan fingerprint density at radius 2 is 1.88 bits per heavy atom. The van der Waals surface area contributed by atoms with Crippen molar-refractivity contribution in [2.24, 2.45) is 5.10 Å². The molecule has 218 valence electrons. The van der Waals surface area contributed by atoms with Gasteiger partial charge in [-0.25, -0.2) is 0 Å². The summed E-state index contributed by atoms with van der Waals surface area (Å²) < 4.78 is 7.78. The summed E-state index contributed by atoms with van der Waals surface area (Å²) in [4.78, 5) is 29.0. The number of benzene rings is 2. The van der Waals surface area contributed by atoms with E-state index in [1.54, 1.807) is 7.05 Å². The molecule has 0 radical (unpaired) electrons. The van der Waals surface area contributed by atoms with Crippen LogP contribution in [0.5, 0.6) is 0 Å². The number of rotatable bonds is 7. The highest BCUT2D eigenvalue weighted by molar-refractivity contribution is 6.30. The quantitative estimate of drug-likeness (QED) is 0.287. The molecular weight excluding hydrogens is 528 g/mol. The van der Waals surface area contributed by atoms with E-state index in [-0.39, 0.29) is 24.1 Å². The molecule has 2 aliphatic heterocycles. The van der Waals surface area contributed by atoms with Crippen LogP contribution in [0.4, 0.5) is 0 Å². The second-order valence-corrected chi connectivity index (χ2v) is 11.3. The number of hydrogen-bond acceptors (Lipinski definition) is 6. The van der Waals surface area contributed by atoms with Crippen LogP contribution in [0.1, 0.15) is 59.5 Å². The fourth-order valence-electron chi connectivity index (χ4n) is 6.58. The smallest absolute Gasteiger partial charge is 0.251 e. The molecule has 2 fully saturated rings. The molecule has 0 bridgehead atoms. The summed E-state index contributed by atoms with van der Waals surface area (Å²) in [5.41, 5.74) is 9.71. The Morgan fingerprint density at radius 1 is 1.10 bits per heavy atom. The Morgan fingerprint density at radius 3 is 2.67 bits per heavy atom. The molecule has 3 N–H and O–H groups in total. The third kappa shape index (κ3) is 5.48. The molecule has 2 aromatic carbocycles. The molecule has 42 heavy (non-hydrogen) atoms. The first-order valence-corrected chi connectivity index (χ1v) is 14.9. The summed E-state index contributed by atoms with van der Waals surface area (Å²) in [6.45, 7) is 2.78. The first kappa shape index (κ1) is 27.9. The van der Waals surface area contributed by atoms with Crippen LogP contribution in [-0.2, 0) is 16.1 Å². The zero-order valence-electron chi connectivity index (χ0n) is 24.1. The van der Waals surface area contributed by atoms with E-state index in [1.165, 1.54) is 31.0 Å². The summed E-state index contributed by atoms with van der Waals surface area (Å²) >= 11 is 0. The Balaban J connectivity index is 1.46. The lowest BCUT2D eigenvalue weighted by molar-refractivity contribution is -0.131. The van der Waals surface area contributed by atoms with Gasteiger partial charge in [0, 0.05) is 47.7 Å². The number of aromatic nitrogens is 1. The number of hydrazone groups is 1. The molecule has 0 atom stereocenters. The maximum Gasteiger partial charge on any atom is 0.251 e. The molecule has 1 saturated carbocycles. The molecule has 0 spiro atoms. The zero-order chi connectivity index (χ0) is 29.1. The van der Waals surface area contributed by atoms with E-state index in [0.717, 1.165) is 46.1 Å². The largest absolute Gasteiger partial charge is 0.378 e. The minimum atomic E-state index is -0.247. The normalized spacial score (nSPS) is 17.4. The first-order valence-electron chi connectivity index (χ1n) is 14.9. The maximum absolute atomic E-state index is 13.9. The molecule has 9 heteroatoms. The average Bonchev–Trinajstić information content (AvgIpc) is 3.25. The standard InChI is InChI=1S/C33H38N6O3/c1-35-37-20-26(34)19-36-32(40)24-11-12-28-29(18-24)39-21-25(33(41)38-13-15-42-16-14-38)17-23-9-5-6-10-27(23)31(39)30(28)22-7-3-2-4-8-22/h5-6,9-12,17-18,20,22,34-35H,2-4,7-8,13-16,19,21H2,1H3,(H,36,40)/b34-26?,37-20-. The van der Waals surface area contributed by atoms with Gasteiger partial charge in [0.25, 0.3) is 11.8 Å². The van der Waals surface area contributed by atoms with Crippen molar-refractivity contribution in [3.8, 4) is 11.3 Å². The predicted octanol–water partition coefficient (Wildman–Crippen LogP) is 4.57. The molecule has 2 amide bonds. The van der Waals surface area contributed by atoms with E-state index in [1.807, 2.05) is 23.1 Å². The number of carbonyl (C=O) groups excluding carboxylic acids is 2. The second kappa shape index (κ2) is 12.3. The number of carbonyl (C=O) groups is 2. The molecule has 0 unspecified atom stereocenters. The lowest BCUT2D eigenvalue weighted by Crippen LogP contribution is -2.41. The van der Waals surface area contributed by atoms with Crippen molar-refractivity contribution in [3.63, 3.8) is 0 Å². The van der Waals surface area contributed by atoms with Gasteiger partial charge in [-0.2, -0.15) is 5.10 Å². The molecule has 9 nitrogen and oxygen atoms in total. The van der Waals surface area contributed by atoms with Crippen molar-refractivity contribution >= 4 is 40.7 Å². The van der Waals surface area contributed by atoms with E-state index in [2.05, 4.69) is 50.8 Å². The fourth-order valence-corrected chi connectivity index (χ4v) is 6.58. The van der Waals surface area contributed by atoms with E-state index in [9.17, 15) is 9.59 Å². The predicted molar refractivity (Wildman–Crippen MR) is 166 cm³/mol. The van der Waals surface area contributed by atoms with Crippen LogP contribution in [0.15, 0.2) is 53.1 Å². The molecule has 1 aliphatic carbocycles. The van der Waals surface area contributed by atoms with Crippen LogP contribution >= 0.6 is 0 Å². The monoisotopic (exact) mass is 566 g/mol. The Kier molecular flexibility index (Phi) is 8.19. The minimum Gasteiger partial charge on any atom is -0.378 e. The van der Waals surface area contributed by atoms with Crippen LogP contribution < -0.4 is 10.7 Å². The van der Waals surface area contributed by atoms with Crippen molar-refractivity contribution in [2.45, 2.75) is 44.6 Å². The number of hydrogen-bond donors (Lipinski definition) is 3. The van der Waals surface area contributed by atoms with E-state index >= 15 is 0 Å². The van der Waals surface area contributed by atoms with E-state index in [4.69, 9.17) is 10.1 Å². The number of morpholine rings is 1. The number of nitrogens with one attached hydrogen (secondary N) is 3. The Hall–Kier alpha value is -4.24. The molecule has 3 aromatic rings. The average molecular weight is 567 g/mol. The zero-order valence-corrected chi connectivity index (χ0v) is 24.1. The van der Waals surface area contributed by atoms with Crippen molar-refractivity contribution in [1.82, 2.24) is 20.2 Å². The topological polar surface area (TPSA) is 112 Å². The summed E-state index contributed by atoms with van der Waals surface area (Å²) in [6.07, 6.45) is 9.40. The summed E-state index contributed by atoms with van der Waals surface area (Å²) in [5.74, 6) is 0.217. The van der Waals surface area contributed by atoms with Crippen molar-refractivity contribution in [3.05, 3.63) is 64.7 Å². The molecule has 1 saturated heterocycles. The highest BCUT2D eigenvalue weighted by atomic mass is 16.5. The maximum atomic E-state index is 13.9. The SMILES string of the molecule is CN/N=C\C(=N)CNC(=O)c1ccc2c(C3CCCCC3)c3n(c2c1)CC(C(=O)N1CCOCC1)=Cc1ccccc1-3. The van der Waals surface area contributed by atoms with Gasteiger partial charge < -0.3 is 30.4 Å². The van der Waals surface area contributed by atoms with Gasteiger partial charge in [0.2, 0.25) is 0 Å². The molecule has 1 aromatic heterocycles. The Bertz CT molecular complexity index is 1570. The second-order valence-electron chi connectivity index (χ2n) is 11.3. The van der Waals surface area contributed by atoms with Crippen LogP contribution in [-0.4, -0.2) is 73.1 Å². The minimum absolute atomic E-state index is 0.0395. The van der Waals surface area contributed by atoms with E-state index in [0.29, 0.717) is 44.3 Å². The highest BCUT2D eigenvalue weighted by Gasteiger charge is 2.31. The van der Waals surface area contributed by atoms with Gasteiger partial charge in [0.05, 0.1) is 43.9 Å². The van der Waals surface area contributed by atoms with Crippen LogP contribution in [0.3, 0.4) is 0 Å². The van der Waals surface area contributed by atoms with Gasteiger partial charge in [-0.15, -0.1) is 0 Å². The van der Waals surface area contributed by atoms with Crippen LogP contribution in [0.25, 0.3) is 28.2 Å². The van der Waals surface area contributed by atoms with Gasteiger partial charge in [-0.05, 0) is 48.1 Å². The molecular formula is C33H38N6O3. The van der Waals surface area contributed by atoms with Gasteiger partial charge in [-0.3, -0.25) is 9.59 Å². The van der Waals surface area contributed by atoms with Crippen molar-refractivity contribution in [1.29, 1.82) is 5.41 Å². The van der Waals surface area contributed by atoms with Gasteiger partial charge in [0.15, 0.2) is 0 Å². The number of nitrogens with zero attached hydrogens (tertiary/aromatic N) is 3. The summed E-state index contributed by atoms with van der Waals surface area (Å²) in [6, 6.07) is 14.3. The van der Waals surface area contributed by atoms with Crippen molar-refractivity contribution in [2.75, 3.05) is 39.9 Å². The summed E-state index contributed by atoms with van der Waals surface area (Å²) in [5, 5.41) is 15.8. The van der Waals surface area contributed by atoms with Crippen molar-refractivity contribution < 1.29 is 14.3 Å². The Labute approximate surface area is 246 Å². The first-order chi connectivity index (χ1) is 20.5. The lowest BCUT2D eigenvalue weighted by atomic mass is 9.81. The molecule has 3 heterocycles. The summed E-state index contributed by atoms with van der Waals surface area (Å²) in [7, 11) is 1.66. The third-order valence-corrected chi connectivity index (χ3v) is 8.62. The fraction of sp³-hybridized carbons (Fsp3) is 0.394. The van der Waals surface area contributed by atoms with Gasteiger partial charge >= 0.3 is 0 Å². The molecule has 6 rings (SSSR count). The third-order valence-electron chi connectivity index (χ3n) is 8.62. The van der Waals surface area contributed by atoms with E-state index < -0.39 is 0 Å². The van der Waals surface area contributed by atoms with Gasteiger partial charge in [0.1, 0.15) is 0 Å². The number of amides is 2. The van der Waals surface area contributed by atoms with Gasteiger partial charge in [-0.1, -0.05) is 49.6 Å². The number of ether oxygens (including phenoxy) is 1. The number of fused-ring (bicyclic) bond motifs is 5. The van der Waals surface area contributed by atoms with Crippen LogP contribution in [0, 0.1) is 5.41 Å². The lowest BCUT2D eigenvalue weighted by Gasteiger charge is -2.28.